The van der Waals surface area contributed by atoms with Gasteiger partial charge in [0.1, 0.15) is 11.4 Å². The highest BCUT2D eigenvalue weighted by atomic mass is 16.7. The summed E-state index contributed by atoms with van der Waals surface area (Å²) in [6.45, 7) is 1.51. The van der Waals surface area contributed by atoms with Gasteiger partial charge in [0.2, 0.25) is 0 Å². The number of carbonyl (C=O) groups excluding carboxylic acids is 2. The molecule has 9 nitrogen and oxygen atoms in total. The van der Waals surface area contributed by atoms with Crippen molar-refractivity contribution in [3.63, 3.8) is 0 Å². The Hall–Kier alpha value is -2.98. The van der Waals surface area contributed by atoms with Crippen LogP contribution in [0.4, 0.5) is 0 Å². The lowest BCUT2D eigenvalue weighted by Crippen LogP contribution is -2.53. The fourth-order valence-corrected chi connectivity index (χ4v) is 3.70. The predicted molar refractivity (Wildman–Crippen MR) is 109 cm³/mol. The molecule has 0 bridgehead atoms. The molecule has 2 aromatic carbocycles. The standard InChI is InChI=1S/C22H24N2O7/c25-18-12-16(11-17(13-18)22(29,30)31)14-1-3-15(4-2-14)19(26)23-7-9-24(10-8-23)20(27)21(28)5-6-21/h1-4,11-13,25,28-31H,5-10H2. The van der Waals surface area contributed by atoms with Crippen molar-refractivity contribution < 1.29 is 35.1 Å². The van der Waals surface area contributed by atoms with Crippen LogP contribution in [0, 0.1) is 0 Å². The number of piperazine rings is 1. The topological polar surface area (TPSA) is 142 Å². The molecule has 0 atom stereocenters. The van der Waals surface area contributed by atoms with Gasteiger partial charge in [-0.1, -0.05) is 12.1 Å². The fourth-order valence-electron chi connectivity index (χ4n) is 3.70. The number of carbonyl (C=O) groups is 2. The first-order valence-corrected chi connectivity index (χ1v) is 10.00. The number of benzene rings is 2. The molecule has 1 aliphatic heterocycles. The van der Waals surface area contributed by atoms with Crippen LogP contribution < -0.4 is 0 Å². The molecule has 0 radical (unpaired) electrons. The summed E-state index contributed by atoms with van der Waals surface area (Å²) in [6.07, 6.45) is 0.988. The van der Waals surface area contributed by atoms with Crippen molar-refractivity contribution >= 4 is 11.8 Å². The predicted octanol–water partition coefficient (Wildman–Crippen LogP) is -0.0443. The van der Waals surface area contributed by atoms with Crippen LogP contribution in [0.1, 0.15) is 28.8 Å². The second-order valence-corrected chi connectivity index (χ2v) is 8.10. The van der Waals surface area contributed by atoms with E-state index in [1.54, 1.807) is 34.1 Å². The molecule has 2 aliphatic rings. The Kier molecular flexibility index (Phi) is 5.22. The second kappa shape index (κ2) is 7.61. The zero-order valence-electron chi connectivity index (χ0n) is 16.7. The summed E-state index contributed by atoms with van der Waals surface area (Å²) in [6, 6.07) is 10.3. The third-order valence-corrected chi connectivity index (χ3v) is 5.75. The number of hydrogen-bond donors (Lipinski definition) is 5. The summed E-state index contributed by atoms with van der Waals surface area (Å²) in [5.41, 5.74) is -0.00154. The van der Waals surface area contributed by atoms with E-state index in [-0.39, 0.29) is 23.1 Å². The van der Waals surface area contributed by atoms with Crippen LogP contribution in [0.25, 0.3) is 11.1 Å². The van der Waals surface area contributed by atoms with Crippen molar-refractivity contribution in [2.24, 2.45) is 0 Å². The Morgan fingerprint density at radius 2 is 1.42 bits per heavy atom. The van der Waals surface area contributed by atoms with E-state index in [9.17, 15) is 35.1 Å². The number of aliphatic hydroxyl groups is 4. The van der Waals surface area contributed by atoms with Crippen LogP contribution in [-0.4, -0.2) is 78.9 Å². The van der Waals surface area contributed by atoms with Gasteiger partial charge in [0.05, 0.1) is 0 Å². The third-order valence-electron chi connectivity index (χ3n) is 5.75. The van der Waals surface area contributed by atoms with Crippen LogP contribution in [0.3, 0.4) is 0 Å². The van der Waals surface area contributed by atoms with Gasteiger partial charge >= 0.3 is 5.97 Å². The third kappa shape index (κ3) is 4.40. The lowest BCUT2D eigenvalue weighted by Gasteiger charge is -2.35. The molecule has 5 N–H and O–H groups in total. The molecule has 1 aliphatic carbocycles. The first kappa shape index (κ1) is 21.3. The number of phenols is 1. The van der Waals surface area contributed by atoms with Crippen LogP contribution in [0.15, 0.2) is 42.5 Å². The molecule has 4 rings (SSSR count). The Labute approximate surface area is 178 Å². The minimum Gasteiger partial charge on any atom is -0.508 e. The van der Waals surface area contributed by atoms with Gasteiger partial charge in [-0.05, 0) is 54.3 Å². The lowest BCUT2D eigenvalue weighted by molar-refractivity contribution is -0.323. The molecule has 31 heavy (non-hydrogen) atoms. The summed E-state index contributed by atoms with van der Waals surface area (Å²) in [5.74, 6) is -3.77. The summed E-state index contributed by atoms with van der Waals surface area (Å²) in [5, 5.41) is 47.9. The summed E-state index contributed by atoms with van der Waals surface area (Å²) in [4.78, 5) is 28.3. The van der Waals surface area contributed by atoms with E-state index in [0.29, 0.717) is 55.7 Å². The van der Waals surface area contributed by atoms with Gasteiger partial charge in [0, 0.05) is 37.3 Å². The largest absolute Gasteiger partial charge is 0.508 e. The van der Waals surface area contributed by atoms with Crippen LogP contribution >= 0.6 is 0 Å². The lowest BCUT2D eigenvalue weighted by atomic mass is 10.00. The van der Waals surface area contributed by atoms with Gasteiger partial charge in [0.15, 0.2) is 0 Å². The molecular formula is C22H24N2O7. The van der Waals surface area contributed by atoms with Crippen molar-refractivity contribution in [2.75, 3.05) is 26.2 Å². The molecule has 2 amide bonds. The average Bonchev–Trinajstić information content (AvgIpc) is 3.50. The quantitative estimate of drug-likeness (QED) is 0.430. The molecule has 1 saturated carbocycles. The van der Waals surface area contributed by atoms with E-state index in [0.717, 1.165) is 6.07 Å². The SMILES string of the molecule is O=C(c1ccc(-c2cc(O)cc(C(O)(O)O)c2)cc1)N1CCN(C(=O)C2(O)CC2)CC1. The first-order valence-electron chi connectivity index (χ1n) is 10.00. The average molecular weight is 428 g/mol. The molecule has 2 fully saturated rings. The molecule has 9 heteroatoms. The van der Waals surface area contributed by atoms with E-state index in [1.165, 1.54) is 12.1 Å². The minimum atomic E-state index is -3.08. The first-order chi connectivity index (χ1) is 14.6. The van der Waals surface area contributed by atoms with Crippen molar-refractivity contribution in [3.05, 3.63) is 53.6 Å². The molecule has 2 aromatic rings. The van der Waals surface area contributed by atoms with Gasteiger partial charge in [-0.3, -0.25) is 9.59 Å². The highest BCUT2D eigenvalue weighted by Crippen LogP contribution is 2.37. The van der Waals surface area contributed by atoms with Gasteiger partial charge in [-0.15, -0.1) is 0 Å². The van der Waals surface area contributed by atoms with Gasteiger partial charge in [-0.2, -0.15) is 0 Å². The number of hydrogen-bond acceptors (Lipinski definition) is 7. The molecule has 164 valence electrons. The smallest absolute Gasteiger partial charge is 0.304 e. The Balaban J connectivity index is 1.44. The summed E-state index contributed by atoms with van der Waals surface area (Å²) >= 11 is 0. The van der Waals surface area contributed by atoms with Crippen molar-refractivity contribution in [1.29, 1.82) is 0 Å². The van der Waals surface area contributed by atoms with E-state index >= 15 is 0 Å². The van der Waals surface area contributed by atoms with Gasteiger partial charge in [0.25, 0.3) is 11.8 Å². The maximum atomic E-state index is 12.8. The summed E-state index contributed by atoms with van der Waals surface area (Å²) < 4.78 is 0. The van der Waals surface area contributed by atoms with Crippen molar-refractivity contribution in [2.45, 2.75) is 24.4 Å². The van der Waals surface area contributed by atoms with E-state index in [4.69, 9.17) is 0 Å². The van der Waals surface area contributed by atoms with Crippen molar-refractivity contribution in [3.8, 4) is 16.9 Å². The number of amides is 2. The van der Waals surface area contributed by atoms with Gasteiger partial charge < -0.3 is 35.3 Å². The number of aromatic hydroxyl groups is 1. The molecule has 0 unspecified atom stereocenters. The van der Waals surface area contributed by atoms with E-state index < -0.39 is 11.6 Å². The molecule has 1 saturated heterocycles. The number of phenolic OH excluding ortho intramolecular Hbond substituents is 1. The Morgan fingerprint density at radius 3 is 1.97 bits per heavy atom. The van der Waals surface area contributed by atoms with Crippen LogP contribution in [-0.2, 0) is 10.8 Å². The highest BCUT2D eigenvalue weighted by Gasteiger charge is 2.50. The number of rotatable bonds is 4. The molecular weight excluding hydrogens is 404 g/mol. The van der Waals surface area contributed by atoms with Gasteiger partial charge in [-0.25, -0.2) is 0 Å². The Morgan fingerprint density at radius 1 is 0.839 bits per heavy atom. The second-order valence-electron chi connectivity index (χ2n) is 8.10. The maximum absolute atomic E-state index is 12.8. The fraction of sp³-hybridized carbons (Fsp3) is 0.364. The molecule has 0 aromatic heterocycles. The Bertz CT molecular complexity index is 1000. The number of nitrogens with zero attached hydrogens (tertiary/aromatic N) is 2. The highest BCUT2D eigenvalue weighted by molar-refractivity contribution is 5.95. The van der Waals surface area contributed by atoms with Crippen LogP contribution in [0.2, 0.25) is 0 Å². The van der Waals surface area contributed by atoms with E-state index in [2.05, 4.69) is 0 Å². The molecule has 1 heterocycles. The van der Waals surface area contributed by atoms with E-state index in [1.807, 2.05) is 0 Å². The van der Waals surface area contributed by atoms with Crippen molar-refractivity contribution in [1.82, 2.24) is 9.80 Å². The normalized spacial score (nSPS) is 18.1. The summed E-state index contributed by atoms with van der Waals surface area (Å²) in [7, 11) is 0. The molecule has 0 spiro atoms. The minimum absolute atomic E-state index is 0.180. The zero-order valence-corrected chi connectivity index (χ0v) is 16.7. The monoisotopic (exact) mass is 428 g/mol. The maximum Gasteiger partial charge on any atom is 0.304 e. The van der Waals surface area contributed by atoms with Crippen LogP contribution in [0.5, 0.6) is 5.75 Å². The zero-order chi connectivity index (χ0) is 22.4.